The summed E-state index contributed by atoms with van der Waals surface area (Å²) >= 11 is 0. The second-order valence-corrected chi connectivity index (χ2v) is 4.12. The maximum Gasteiger partial charge on any atom is 0.124 e. The molecule has 0 aliphatic heterocycles. The lowest BCUT2D eigenvalue weighted by Gasteiger charge is -2.06. The zero-order chi connectivity index (χ0) is 12.6. The molecule has 0 fully saturated rings. The number of hydrogen-bond acceptors (Lipinski definition) is 2. The lowest BCUT2D eigenvalue weighted by atomic mass is 10.1. The summed E-state index contributed by atoms with van der Waals surface area (Å²) in [6.07, 6.45) is 1.08. The molecular weight excluding hydrogens is 200 g/mol. The largest absolute Gasteiger partial charge is 0.496 e. The molecule has 0 aromatic heterocycles. The van der Waals surface area contributed by atoms with Crippen molar-refractivity contribution in [3.63, 3.8) is 0 Å². The molecule has 2 nitrogen and oxygen atoms in total. The number of methoxy groups -OCH3 is 1. The van der Waals surface area contributed by atoms with E-state index in [2.05, 4.69) is 6.92 Å². The van der Waals surface area contributed by atoms with Gasteiger partial charge in [-0.15, -0.1) is 0 Å². The van der Waals surface area contributed by atoms with Crippen LogP contribution in [0.1, 0.15) is 31.4 Å². The molecule has 1 rings (SSSR count). The number of ether oxygens (including phenoxy) is 1. The van der Waals surface area contributed by atoms with Crippen molar-refractivity contribution in [2.45, 2.75) is 34.1 Å². The number of benzene rings is 1. The number of aliphatic hydroxyl groups is 1. The predicted molar refractivity (Wildman–Crippen MR) is 69.0 cm³/mol. The number of para-hydroxylation sites is 1. The third-order valence-corrected chi connectivity index (χ3v) is 2.62. The minimum absolute atomic E-state index is 0.330. The van der Waals surface area contributed by atoms with E-state index in [1.54, 1.807) is 7.11 Å². The number of rotatable bonds is 3. The third kappa shape index (κ3) is 5.17. The number of hydrogen-bond donors (Lipinski definition) is 1. The molecule has 0 amide bonds. The first-order valence-electron chi connectivity index (χ1n) is 5.77. The Balaban J connectivity index is 0.000000325. The van der Waals surface area contributed by atoms with Crippen LogP contribution in [0.5, 0.6) is 5.75 Å². The summed E-state index contributed by atoms with van der Waals surface area (Å²) in [4.78, 5) is 0. The fourth-order valence-electron chi connectivity index (χ4n) is 1.25. The highest BCUT2D eigenvalue weighted by Crippen LogP contribution is 2.20. The summed E-state index contributed by atoms with van der Waals surface area (Å²) in [6.45, 7) is 8.52. The van der Waals surface area contributed by atoms with Crippen molar-refractivity contribution < 1.29 is 9.84 Å². The van der Waals surface area contributed by atoms with Crippen molar-refractivity contribution in [1.82, 2.24) is 0 Å². The summed E-state index contributed by atoms with van der Waals surface area (Å²) in [6, 6.07) is 6.13. The quantitative estimate of drug-likeness (QED) is 0.853. The van der Waals surface area contributed by atoms with E-state index in [9.17, 15) is 0 Å². The van der Waals surface area contributed by atoms with Crippen molar-refractivity contribution in [2.75, 3.05) is 13.7 Å². The topological polar surface area (TPSA) is 29.5 Å². The van der Waals surface area contributed by atoms with Crippen LogP contribution in [0.25, 0.3) is 0 Å². The van der Waals surface area contributed by atoms with Gasteiger partial charge in [0, 0.05) is 6.61 Å². The van der Waals surface area contributed by atoms with Crippen molar-refractivity contribution in [3.05, 3.63) is 29.3 Å². The maximum absolute atomic E-state index is 8.33. The van der Waals surface area contributed by atoms with Gasteiger partial charge in [-0.25, -0.2) is 0 Å². The molecule has 92 valence electrons. The van der Waals surface area contributed by atoms with Crippen LogP contribution in [0, 0.1) is 19.8 Å². The van der Waals surface area contributed by atoms with Crippen molar-refractivity contribution in [2.24, 2.45) is 5.92 Å². The Kier molecular flexibility index (Phi) is 7.65. The zero-order valence-electron chi connectivity index (χ0n) is 11.1. The Morgan fingerprint density at radius 3 is 1.94 bits per heavy atom. The van der Waals surface area contributed by atoms with Crippen molar-refractivity contribution in [1.29, 1.82) is 0 Å². The number of aliphatic hydroxyl groups excluding tert-OH is 1. The van der Waals surface area contributed by atoms with E-state index in [-0.39, 0.29) is 0 Å². The van der Waals surface area contributed by atoms with Gasteiger partial charge in [0.2, 0.25) is 0 Å². The van der Waals surface area contributed by atoms with Crippen LogP contribution in [0.3, 0.4) is 0 Å². The van der Waals surface area contributed by atoms with Gasteiger partial charge in [0.1, 0.15) is 5.75 Å². The molecule has 0 saturated carbocycles. The molecule has 0 heterocycles. The van der Waals surface area contributed by atoms with Gasteiger partial charge in [-0.3, -0.25) is 0 Å². The lowest BCUT2D eigenvalue weighted by molar-refractivity contribution is 0.234. The van der Waals surface area contributed by atoms with Crippen molar-refractivity contribution in [3.8, 4) is 5.75 Å². The molecule has 0 aliphatic rings. The molecule has 1 unspecified atom stereocenters. The predicted octanol–water partition coefficient (Wildman–Crippen LogP) is 3.34. The van der Waals surface area contributed by atoms with Gasteiger partial charge in [0.05, 0.1) is 7.11 Å². The third-order valence-electron chi connectivity index (χ3n) is 2.62. The molecule has 0 radical (unpaired) electrons. The van der Waals surface area contributed by atoms with Gasteiger partial charge < -0.3 is 9.84 Å². The van der Waals surface area contributed by atoms with E-state index in [4.69, 9.17) is 9.84 Å². The van der Waals surface area contributed by atoms with Crippen LogP contribution in [-0.4, -0.2) is 18.8 Å². The molecule has 16 heavy (non-hydrogen) atoms. The first-order valence-corrected chi connectivity index (χ1v) is 5.77. The van der Waals surface area contributed by atoms with E-state index in [0.717, 1.165) is 12.2 Å². The molecular formula is C14H24O2. The summed E-state index contributed by atoms with van der Waals surface area (Å²) in [7, 11) is 1.70. The summed E-state index contributed by atoms with van der Waals surface area (Å²) < 4.78 is 5.18. The molecule has 2 heteroatoms. The van der Waals surface area contributed by atoms with Gasteiger partial charge in [0.25, 0.3) is 0 Å². The van der Waals surface area contributed by atoms with Gasteiger partial charge in [-0.05, 0) is 30.9 Å². The molecule has 0 bridgehead atoms. The minimum atomic E-state index is 0.330. The summed E-state index contributed by atoms with van der Waals surface area (Å²) in [5.41, 5.74) is 2.39. The Morgan fingerprint density at radius 2 is 1.75 bits per heavy atom. The monoisotopic (exact) mass is 224 g/mol. The van der Waals surface area contributed by atoms with Gasteiger partial charge in [-0.1, -0.05) is 38.5 Å². The Morgan fingerprint density at radius 1 is 1.25 bits per heavy atom. The maximum atomic E-state index is 8.33. The Hall–Kier alpha value is -1.02. The van der Waals surface area contributed by atoms with Crippen LogP contribution in [0.15, 0.2) is 18.2 Å². The molecule has 1 aromatic rings. The first-order chi connectivity index (χ1) is 7.56. The smallest absolute Gasteiger partial charge is 0.124 e. The van der Waals surface area contributed by atoms with E-state index in [1.807, 2.05) is 39.0 Å². The second kappa shape index (κ2) is 8.17. The molecule has 0 saturated heterocycles. The highest BCUT2D eigenvalue weighted by atomic mass is 16.5. The molecule has 0 aliphatic carbocycles. The average Bonchev–Trinajstić information content (AvgIpc) is 2.29. The Bertz CT molecular complexity index is 271. The molecule has 1 atom stereocenters. The van der Waals surface area contributed by atoms with Gasteiger partial charge >= 0.3 is 0 Å². The van der Waals surface area contributed by atoms with Crippen LogP contribution >= 0.6 is 0 Å². The fourth-order valence-corrected chi connectivity index (χ4v) is 1.25. The van der Waals surface area contributed by atoms with Crippen LogP contribution in [0.2, 0.25) is 0 Å². The molecule has 1 N–H and O–H groups in total. The van der Waals surface area contributed by atoms with Crippen LogP contribution < -0.4 is 4.74 Å². The van der Waals surface area contributed by atoms with Crippen molar-refractivity contribution >= 4 is 0 Å². The van der Waals surface area contributed by atoms with Gasteiger partial charge in [0.15, 0.2) is 0 Å². The standard InChI is InChI=1S/C9H12O.C5H12O/c1-7-5-4-6-8(2)9(7)10-3;1-3-5(2)4-6/h4-6H,1-3H3;5-6H,3-4H2,1-2H3. The number of aryl methyl sites for hydroxylation is 2. The van der Waals surface area contributed by atoms with Crippen LogP contribution in [-0.2, 0) is 0 Å². The first kappa shape index (κ1) is 15.0. The molecule has 0 spiro atoms. The van der Waals surface area contributed by atoms with Gasteiger partial charge in [-0.2, -0.15) is 0 Å². The zero-order valence-corrected chi connectivity index (χ0v) is 11.1. The average molecular weight is 224 g/mol. The van der Waals surface area contributed by atoms with E-state index in [1.165, 1.54) is 11.1 Å². The minimum Gasteiger partial charge on any atom is -0.496 e. The highest BCUT2D eigenvalue weighted by Gasteiger charge is 1.98. The second-order valence-electron chi connectivity index (χ2n) is 4.12. The SMILES string of the molecule is CCC(C)CO.COc1c(C)cccc1C. The fraction of sp³-hybridized carbons (Fsp3) is 0.571. The normalized spacial score (nSPS) is 11.4. The van der Waals surface area contributed by atoms with Crippen LogP contribution in [0.4, 0.5) is 0 Å². The lowest BCUT2D eigenvalue weighted by Crippen LogP contribution is -1.96. The highest BCUT2D eigenvalue weighted by molar-refractivity contribution is 5.39. The van der Waals surface area contributed by atoms with E-state index < -0.39 is 0 Å². The molecule has 1 aromatic carbocycles. The summed E-state index contributed by atoms with van der Waals surface area (Å²) in [5.74, 6) is 1.49. The van der Waals surface area contributed by atoms with E-state index >= 15 is 0 Å². The van der Waals surface area contributed by atoms with E-state index in [0.29, 0.717) is 12.5 Å². The summed E-state index contributed by atoms with van der Waals surface area (Å²) in [5, 5.41) is 8.33. The Labute approximate surface area is 99.3 Å².